The van der Waals surface area contributed by atoms with Gasteiger partial charge >= 0.3 is 5.97 Å². The molecule has 0 fully saturated rings. The molecule has 0 radical (unpaired) electrons. The molecule has 0 aliphatic rings. The fourth-order valence-electron chi connectivity index (χ4n) is 1.93. The molecule has 0 saturated carbocycles. The third-order valence-electron chi connectivity index (χ3n) is 2.95. The quantitative estimate of drug-likeness (QED) is 0.388. The van der Waals surface area contributed by atoms with Crippen molar-refractivity contribution in [1.82, 2.24) is 0 Å². The number of methoxy groups -OCH3 is 1. The normalized spacial score (nSPS) is 10.4. The first-order valence-electron chi connectivity index (χ1n) is 6.51. The Bertz CT molecular complexity index is 717. The molecule has 112 valence electrons. The van der Waals surface area contributed by atoms with E-state index in [4.69, 9.17) is 11.5 Å². The average molecular weight is 296 g/mol. The third-order valence-corrected chi connectivity index (χ3v) is 2.95. The van der Waals surface area contributed by atoms with E-state index in [-0.39, 0.29) is 11.9 Å². The lowest BCUT2D eigenvalue weighted by molar-refractivity contribution is 0.0601. The van der Waals surface area contributed by atoms with Crippen LogP contribution in [0.1, 0.15) is 15.9 Å². The summed E-state index contributed by atoms with van der Waals surface area (Å²) in [6.45, 7) is 0. The number of rotatable bonds is 4. The van der Waals surface area contributed by atoms with E-state index in [0.717, 1.165) is 16.7 Å². The molecule has 0 spiro atoms. The summed E-state index contributed by atoms with van der Waals surface area (Å²) >= 11 is 0. The summed E-state index contributed by atoms with van der Waals surface area (Å²) in [5, 5.41) is 7.41. The van der Waals surface area contributed by atoms with E-state index in [1.165, 1.54) is 7.11 Å². The number of nitrogens with two attached hydrogens (primary N) is 2. The van der Waals surface area contributed by atoms with E-state index in [9.17, 15) is 4.79 Å². The van der Waals surface area contributed by atoms with Crippen molar-refractivity contribution < 1.29 is 9.53 Å². The van der Waals surface area contributed by atoms with Crippen molar-refractivity contribution >= 4 is 18.1 Å². The van der Waals surface area contributed by atoms with Crippen molar-refractivity contribution in [3.63, 3.8) is 0 Å². The highest BCUT2D eigenvalue weighted by Crippen LogP contribution is 2.23. The first kappa shape index (κ1) is 15.2. The summed E-state index contributed by atoms with van der Waals surface area (Å²) < 4.78 is 4.68. The number of benzene rings is 2. The van der Waals surface area contributed by atoms with Crippen LogP contribution in [0.25, 0.3) is 11.1 Å². The second-order valence-corrected chi connectivity index (χ2v) is 4.43. The Labute approximate surface area is 128 Å². The van der Waals surface area contributed by atoms with E-state index in [1.807, 2.05) is 36.4 Å². The molecule has 2 rings (SSSR count). The summed E-state index contributed by atoms with van der Waals surface area (Å²) in [7, 11) is 1.35. The minimum Gasteiger partial charge on any atom is -0.465 e. The Morgan fingerprint density at radius 2 is 1.77 bits per heavy atom. The zero-order valence-corrected chi connectivity index (χ0v) is 12.1. The number of hydrogen-bond donors (Lipinski definition) is 2. The Morgan fingerprint density at radius 1 is 1.09 bits per heavy atom. The van der Waals surface area contributed by atoms with Gasteiger partial charge in [0.2, 0.25) is 5.96 Å². The van der Waals surface area contributed by atoms with Gasteiger partial charge in [0.15, 0.2) is 0 Å². The molecule has 0 aliphatic carbocycles. The molecule has 0 bridgehead atoms. The van der Waals surface area contributed by atoms with Crippen LogP contribution < -0.4 is 11.5 Å². The minimum atomic E-state index is -0.367. The Kier molecular flexibility index (Phi) is 4.87. The van der Waals surface area contributed by atoms with E-state index in [2.05, 4.69) is 14.9 Å². The van der Waals surface area contributed by atoms with Crippen LogP contribution in [0.5, 0.6) is 0 Å². The van der Waals surface area contributed by atoms with Crippen molar-refractivity contribution in [2.24, 2.45) is 21.7 Å². The lowest BCUT2D eigenvalue weighted by atomic mass is 9.99. The molecule has 2 aromatic carbocycles. The molecule has 0 unspecified atom stereocenters. The van der Waals surface area contributed by atoms with Gasteiger partial charge in [-0.15, -0.1) is 5.10 Å². The number of hydrogen-bond acceptors (Lipinski definition) is 4. The summed E-state index contributed by atoms with van der Waals surface area (Å²) in [5.74, 6) is -0.467. The van der Waals surface area contributed by atoms with Gasteiger partial charge in [-0.3, -0.25) is 0 Å². The maximum absolute atomic E-state index is 11.5. The van der Waals surface area contributed by atoms with Crippen molar-refractivity contribution in [2.75, 3.05) is 7.11 Å². The summed E-state index contributed by atoms with van der Waals surface area (Å²) in [4.78, 5) is 11.5. The van der Waals surface area contributed by atoms with Gasteiger partial charge in [-0.25, -0.2) is 4.79 Å². The Morgan fingerprint density at radius 3 is 2.41 bits per heavy atom. The Balaban J connectivity index is 2.34. The minimum absolute atomic E-state index is 0.101. The topological polar surface area (TPSA) is 103 Å². The van der Waals surface area contributed by atoms with Crippen LogP contribution in [0.2, 0.25) is 0 Å². The number of carbonyl (C=O) groups excluding carboxylic acids is 1. The van der Waals surface area contributed by atoms with Gasteiger partial charge in [0.25, 0.3) is 0 Å². The second kappa shape index (κ2) is 7.03. The fraction of sp³-hybridized carbons (Fsp3) is 0.0625. The van der Waals surface area contributed by atoms with Crippen LogP contribution in [0.4, 0.5) is 0 Å². The van der Waals surface area contributed by atoms with Gasteiger partial charge in [-0.1, -0.05) is 36.4 Å². The van der Waals surface area contributed by atoms with Crippen LogP contribution in [0.15, 0.2) is 58.7 Å². The van der Waals surface area contributed by atoms with Gasteiger partial charge in [-0.2, -0.15) is 5.10 Å². The molecule has 0 heterocycles. The van der Waals surface area contributed by atoms with Gasteiger partial charge in [0.1, 0.15) is 0 Å². The Hall–Kier alpha value is -3.15. The van der Waals surface area contributed by atoms with Gasteiger partial charge < -0.3 is 16.2 Å². The highest BCUT2D eigenvalue weighted by Gasteiger charge is 2.07. The van der Waals surface area contributed by atoms with Crippen LogP contribution in [-0.2, 0) is 4.74 Å². The standard InChI is InChI=1S/C16H16N4O2/c1-22-15(21)12-8-6-11(7-9-12)14-5-3-2-4-13(14)10-19-20-16(17)18/h2-10H,1H3,(H4,17,18,20). The van der Waals surface area contributed by atoms with E-state index in [0.29, 0.717) is 5.56 Å². The van der Waals surface area contributed by atoms with Crippen LogP contribution in [-0.4, -0.2) is 25.3 Å². The summed E-state index contributed by atoms with van der Waals surface area (Å²) in [6, 6.07) is 14.8. The molecule has 4 N–H and O–H groups in total. The molecule has 0 saturated heterocycles. The molecule has 0 amide bonds. The molecular formula is C16H16N4O2. The fourth-order valence-corrected chi connectivity index (χ4v) is 1.93. The second-order valence-electron chi connectivity index (χ2n) is 4.43. The predicted molar refractivity (Wildman–Crippen MR) is 86.6 cm³/mol. The first-order valence-corrected chi connectivity index (χ1v) is 6.51. The zero-order chi connectivity index (χ0) is 15.9. The molecule has 2 aromatic rings. The number of guanidine groups is 1. The highest BCUT2D eigenvalue weighted by atomic mass is 16.5. The molecule has 6 nitrogen and oxygen atoms in total. The third kappa shape index (κ3) is 3.69. The maximum atomic E-state index is 11.5. The molecule has 0 aromatic heterocycles. The van der Waals surface area contributed by atoms with Crippen LogP contribution >= 0.6 is 0 Å². The zero-order valence-electron chi connectivity index (χ0n) is 12.1. The molecule has 0 aliphatic heterocycles. The lowest BCUT2D eigenvalue weighted by Gasteiger charge is -2.06. The van der Waals surface area contributed by atoms with E-state index < -0.39 is 0 Å². The number of ether oxygens (including phenoxy) is 1. The SMILES string of the molecule is COC(=O)c1ccc(-c2ccccc2C=NN=C(N)N)cc1. The lowest BCUT2D eigenvalue weighted by Crippen LogP contribution is -2.21. The summed E-state index contributed by atoms with van der Waals surface area (Å²) in [5.41, 5.74) is 13.7. The number of nitrogens with zero attached hydrogens (tertiary/aromatic N) is 2. The van der Waals surface area contributed by atoms with Gasteiger partial charge in [-0.05, 0) is 23.3 Å². The van der Waals surface area contributed by atoms with Gasteiger partial charge in [0.05, 0.1) is 18.9 Å². The summed E-state index contributed by atoms with van der Waals surface area (Å²) in [6.07, 6.45) is 1.57. The molecule has 22 heavy (non-hydrogen) atoms. The monoisotopic (exact) mass is 296 g/mol. The predicted octanol–water partition coefficient (Wildman–Crippen LogP) is 1.75. The number of esters is 1. The van der Waals surface area contributed by atoms with Gasteiger partial charge in [0, 0.05) is 5.56 Å². The van der Waals surface area contributed by atoms with Crippen molar-refractivity contribution in [2.45, 2.75) is 0 Å². The maximum Gasteiger partial charge on any atom is 0.337 e. The van der Waals surface area contributed by atoms with Crippen molar-refractivity contribution in [1.29, 1.82) is 0 Å². The average Bonchev–Trinajstić information content (AvgIpc) is 2.54. The van der Waals surface area contributed by atoms with E-state index in [1.54, 1.807) is 18.3 Å². The van der Waals surface area contributed by atoms with E-state index >= 15 is 0 Å². The highest BCUT2D eigenvalue weighted by molar-refractivity contribution is 5.93. The molecule has 0 atom stereocenters. The number of carbonyl (C=O) groups is 1. The largest absolute Gasteiger partial charge is 0.465 e. The van der Waals surface area contributed by atoms with Crippen molar-refractivity contribution in [3.05, 3.63) is 59.7 Å². The van der Waals surface area contributed by atoms with Crippen molar-refractivity contribution in [3.8, 4) is 11.1 Å². The smallest absolute Gasteiger partial charge is 0.337 e. The first-order chi connectivity index (χ1) is 10.6. The van der Waals surface area contributed by atoms with Crippen LogP contribution in [0.3, 0.4) is 0 Å². The van der Waals surface area contributed by atoms with Crippen LogP contribution in [0, 0.1) is 0 Å². The molecular weight excluding hydrogens is 280 g/mol. The molecule has 6 heteroatoms.